The maximum atomic E-state index is 8.74. The molecule has 2 rings (SSSR count). The van der Waals surface area contributed by atoms with Crippen LogP contribution in [0.25, 0.3) is 10.9 Å². The van der Waals surface area contributed by atoms with Crippen molar-refractivity contribution in [1.82, 2.24) is 9.97 Å². The molecule has 2 heterocycles. The fourth-order valence-electron chi connectivity index (χ4n) is 1.13. The Morgan fingerprint density at radius 2 is 2.14 bits per heavy atom. The van der Waals surface area contributed by atoms with Gasteiger partial charge in [0.25, 0.3) is 0 Å². The van der Waals surface area contributed by atoms with Gasteiger partial charge in [-0.05, 0) is 15.9 Å². The fraction of sp³-hybridized carbons (Fsp3) is 0. The zero-order valence-electron chi connectivity index (χ0n) is 6.83. The Labute approximate surface area is 93.5 Å². The fourth-order valence-corrected chi connectivity index (χ4v) is 1.79. The first-order valence-electron chi connectivity index (χ1n) is 3.72. The summed E-state index contributed by atoms with van der Waals surface area (Å²) in [5, 5.41) is 9.82. The molecule has 3 nitrogen and oxygen atoms in total. The van der Waals surface area contributed by atoms with Crippen molar-refractivity contribution in [2.24, 2.45) is 0 Å². The van der Waals surface area contributed by atoms with Crippen molar-refractivity contribution in [3.8, 4) is 6.07 Å². The Hall–Kier alpha value is -1.18. The minimum atomic E-state index is 0.360. The van der Waals surface area contributed by atoms with Gasteiger partial charge >= 0.3 is 0 Å². The molecule has 0 amide bonds. The summed E-state index contributed by atoms with van der Waals surface area (Å²) in [5.74, 6) is 0. The maximum absolute atomic E-state index is 8.74. The highest BCUT2D eigenvalue weighted by Gasteiger charge is 2.08. The number of hydrogen-bond acceptors (Lipinski definition) is 3. The lowest BCUT2D eigenvalue weighted by Gasteiger charge is -2.01. The SMILES string of the molecule is N#Cc1cnc2c(Br)cncc2c1Cl. The van der Waals surface area contributed by atoms with Crippen LogP contribution < -0.4 is 0 Å². The van der Waals surface area contributed by atoms with Gasteiger partial charge in [-0.2, -0.15) is 5.26 Å². The second-order valence-electron chi connectivity index (χ2n) is 2.62. The summed E-state index contributed by atoms with van der Waals surface area (Å²) in [6.07, 6.45) is 4.68. The summed E-state index contributed by atoms with van der Waals surface area (Å²) >= 11 is 9.30. The Kier molecular flexibility index (Phi) is 2.36. The predicted octanol–water partition coefficient (Wildman–Crippen LogP) is 2.92. The van der Waals surface area contributed by atoms with E-state index in [2.05, 4.69) is 25.9 Å². The highest BCUT2D eigenvalue weighted by atomic mass is 79.9. The van der Waals surface area contributed by atoms with Crippen LogP contribution in [-0.2, 0) is 0 Å². The third-order valence-corrected chi connectivity index (χ3v) is 2.78. The van der Waals surface area contributed by atoms with Gasteiger partial charge in [-0.15, -0.1) is 0 Å². The number of hydrogen-bond donors (Lipinski definition) is 0. The van der Waals surface area contributed by atoms with Crippen LogP contribution >= 0.6 is 27.5 Å². The molecule has 0 unspecified atom stereocenters. The van der Waals surface area contributed by atoms with E-state index in [0.29, 0.717) is 21.5 Å². The van der Waals surface area contributed by atoms with Gasteiger partial charge in [-0.25, -0.2) is 0 Å². The van der Waals surface area contributed by atoms with Crippen molar-refractivity contribution in [3.63, 3.8) is 0 Å². The van der Waals surface area contributed by atoms with Gasteiger partial charge in [-0.3, -0.25) is 9.97 Å². The topological polar surface area (TPSA) is 49.6 Å². The van der Waals surface area contributed by atoms with Crippen LogP contribution in [0.1, 0.15) is 5.56 Å². The average Bonchev–Trinajstić information content (AvgIpc) is 2.20. The lowest BCUT2D eigenvalue weighted by molar-refractivity contribution is 1.30. The minimum Gasteiger partial charge on any atom is -0.263 e. The summed E-state index contributed by atoms with van der Waals surface area (Å²) in [7, 11) is 0. The normalized spacial score (nSPS) is 10.1. The number of aromatic nitrogens is 2. The van der Waals surface area contributed by atoms with Gasteiger partial charge in [-0.1, -0.05) is 11.6 Å². The van der Waals surface area contributed by atoms with Crippen molar-refractivity contribution < 1.29 is 0 Å². The van der Waals surface area contributed by atoms with E-state index in [1.54, 1.807) is 12.4 Å². The molecule has 0 bridgehead atoms. The largest absolute Gasteiger partial charge is 0.263 e. The number of nitriles is 1. The van der Waals surface area contributed by atoms with E-state index in [4.69, 9.17) is 16.9 Å². The van der Waals surface area contributed by atoms with Crippen LogP contribution in [0.4, 0.5) is 0 Å². The second-order valence-corrected chi connectivity index (χ2v) is 3.85. The molecule has 2 aromatic heterocycles. The molecule has 0 saturated carbocycles. The summed E-state index contributed by atoms with van der Waals surface area (Å²) in [6.45, 7) is 0. The van der Waals surface area contributed by atoms with Crippen LogP contribution in [0.3, 0.4) is 0 Å². The average molecular weight is 269 g/mol. The van der Waals surface area contributed by atoms with Gasteiger partial charge in [0, 0.05) is 24.0 Å². The lowest BCUT2D eigenvalue weighted by Crippen LogP contribution is -1.87. The van der Waals surface area contributed by atoms with Crippen LogP contribution in [0, 0.1) is 11.3 Å². The Morgan fingerprint density at radius 3 is 2.86 bits per heavy atom. The molecule has 0 aliphatic rings. The number of nitrogens with zero attached hydrogens (tertiary/aromatic N) is 3. The first kappa shape index (κ1) is 9.38. The minimum absolute atomic E-state index is 0.360. The summed E-state index contributed by atoms with van der Waals surface area (Å²) in [5.41, 5.74) is 1.07. The van der Waals surface area contributed by atoms with E-state index in [1.165, 1.54) is 6.20 Å². The zero-order valence-corrected chi connectivity index (χ0v) is 9.17. The van der Waals surface area contributed by atoms with Crippen molar-refractivity contribution >= 4 is 38.4 Å². The molecule has 0 fully saturated rings. The Morgan fingerprint density at radius 1 is 1.36 bits per heavy atom. The highest BCUT2D eigenvalue weighted by Crippen LogP contribution is 2.28. The Balaban J connectivity index is 2.92. The highest BCUT2D eigenvalue weighted by molar-refractivity contribution is 9.10. The third kappa shape index (κ3) is 1.35. The van der Waals surface area contributed by atoms with Crippen LogP contribution in [0.5, 0.6) is 0 Å². The van der Waals surface area contributed by atoms with Gasteiger partial charge in [0.15, 0.2) is 0 Å². The summed E-state index contributed by atoms with van der Waals surface area (Å²) in [6, 6.07) is 1.97. The third-order valence-electron chi connectivity index (χ3n) is 1.79. The lowest BCUT2D eigenvalue weighted by atomic mass is 10.2. The number of rotatable bonds is 0. The van der Waals surface area contributed by atoms with E-state index in [1.807, 2.05) is 6.07 Å². The first-order valence-corrected chi connectivity index (χ1v) is 4.89. The van der Waals surface area contributed by atoms with Crippen LogP contribution in [-0.4, -0.2) is 9.97 Å². The zero-order chi connectivity index (χ0) is 10.1. The van der Waals surface area contributed by atoms with Gasteiger partial charge in [0.1, 0.15) is 6.07 Å². The smallest absolute Gasteiger partial charge is 0.102 e. The van der Waals surface area contributed by atoms with Crippen LogP contribution in [0.15, 0.2) is 23.1 Å². The van der Waals surface area contributed by atoms with E-state index in [9.17, 15) is 0 Å². The monoisotopic (exact) mass is 267 g/mol. The van der Waals surface area contributed by atoms with Crippen molar-refractivity contribution in [3.05, 3.63) is 33.6 Å². The molecule has 14 heavy (non-hydrogen) atoms. The standard InChI is InChI=1S/C9H3BrClN3/c10-7-4-13-3-6-8(11)5(1-12)2-14-9(6)7/h2-4H. The van der Waals surface area contributed by atoms with Gasteiger partial charge in [0.2, 0.25) is 0 Å². The van der Waals surface area contributed by atoms with E-state index in [-0.39, 0.29) is 0 Å². The molecule has 2 aromatic rings. The predicted molar refractivity (Wildman–Crippen MR) is 57.0 cm³/mol. The van der Waals surface area contributed by atoms with Gasteiger partial charge < -0.3 is 0 Å². The van der Waals surface area contributed by atoms with E-state index < -0.39 is 0 Å². The molecular weight excluding hydrogens is 265 g/mol. The van der Waals surface area contributed by atoms with E-state index in [0.717, 1.165) is 4.47 Å². The summed E-state index contributed by atoms with van der Waals surface area (Å²) in [4.78, 5) is 8.09. The summed E-state index contributed by atoms with van der Waals surface area (Å²) < 4.78 is 0.765. The first-order chi connectivity index (χ1) is 6.74. The molecule has 0 radical (unpaired) electrons. The molecule has 0 aliphatic carbocycles. The number of fused-ring (bicyclic) bond motifs is 1. The molecule has 0 saturated heterocycles. The molecule has 0 aromatic carbocycles. The van der Waals surface area contributed by atoms with Crippen molar-refractivity contribution in [2.75, 3.05) is 0 Å². The van der Waals surface area contributed by atoms with Crippen molar-refractivity contribution in [2.45, 2.75) is 0 Å². The van der Waals surface area contributed by atoms with Crippen LogP contribution in [0.2, 0.25) is 5.02 Å². The molecule has 0 N–H and O–H groups in total. The number of halogens is 2. The molecule has 0 aliphatic heterocycles. The quantitative estimate of drug-likeness (QED) is 0.738. The van der Waals surface area contributed by atoms with Crippen molar-refractivity contribution in [1.29, 1.82) is 5.26 Å². The molecule has 68 valence electrons. The maximum Gasteiger partial charge on any atom is 0.102 e. The van der Waals surface area contributed by atoms with Gasteiger partial charge in [0.05, 0.1) is 20.6 Å². The molecule has 0 atom stereocenters. The second kappa shape index (κ2) is 3.52. The molecule has 5 heteroatoms. The van der Waals surface area contributed by atoms with E-state index >= 15 is 0 Å². The molecule has 0 spiro atoms. The number of pyridine rings is 2. The molecular formula is C9H3BrClN3. The Bertz CT molecular complexity index is 547.